The van der Waals surface area contributed by atoms with Crippen LogP contribution in [0.25, 0.3) is 0 Å². The molecule has 0 saturated heterocycles. The first-order chi connectivity index (χ1) is 18.0. The highest BCUT2D eigenvalue weighted by Crippen LogP contribution is 2.33. The molecule has 0 radical (unpaired) electrons. The third-order valence-corrected chi connectivity index (χ3v) is 5.97. The Morgan fingerprint density at radius 3 is 1.69 bits per heavy atom. The highest BCUT2D eigenvalue weighted by molar-refractivity contribution is 5.80. The number of rotatable bonds is 12. The summed E-state index contributed by atoms with van der Waals surface area (Å²) in [5.41, 5.74) is 4.77. The Kier molecular flexibility index (Phi) is 12.5. The summed E-state index contributed by atoms with van der Waals surface area (Å²) in [5.74, 6) is -2.54. The largest absolute Gasteiger partial charge is 0.514 e. The molecule has 1 rings (SSSR count). The van der Waals surface area contributed by atoms with Crippen molar-refractivity contribution in [2.24, 2.45) is 17.6 Å². The predicted octanol–water partition coefficient (Wildman–Crippen LogP) is 5.08. The van der Waals surface area contributed by atoms with Gasteiger partial charge in [0, 0.05) is 12.3 Å². The van der Waals surface area contributed by atoms with Gasteiger partial charge in [-0.3, -0.25) is 4.79 Å². The van der Waals surface area contributed by atoms with Crippen LogP contribution in [0, 0.1) is 11.8 Å². The van der Waals surface area contributed by atoms with Crippen LogP contribution in [-0.2, 0) is 30.2 Å². The van der Waals surface area contributed by atoms with Gasteiger partial charge in [0.15, 0.2) is 11.5 Å². The molecule has 0 aliphatic carbocycles. The predicted molar refractivity (Wildman–Crippen MR) is 140 cm³/mol. The van der Waals surface area contributed by atoms with Gasteiger partial charge in [-0.05, 0) is 65.2 Å². The maximum Gasteiger partial charge on any atom is 0.514 e. The molecule has 1 aromatic carbocycles. The summed E-state index contributed by atoms with van der Waals surface area (Å²) >= 11 is 0. The molecule has 0 fully saturated rings. The van der Waals surface area contributed by atoms with Crippen LogP contribution in [0.5, 0.6) is 11.5 Å². The van der Waals surface area contributed by atoms with Crippen LogP contribution in [0.4, 0.5) is 14.4 Å². The molecule has 0 heterocycles. The number of benzene rings is 1. The van der Waals surface area contributed by atoms with Gasteiger partial charge in [0.1, 0.15) is 17.7 Å². The SMILES string of the molecule is CC(C)OC(=O)Oc1ccc(C[C@](N)(C(=O)O)[C@H](C)[C@H](C)OC(=O)OC(C)C(C)C)cc1OC(=O)OC(C)C. The van der Waals surface area contributed by atoms with Crippen LogP contribution in [0.15, 0.2) is 18.2 Å². The van der Waals surface area contributed by atoms with Crippen molar-refractivity contribution in [2.45, 2.75) is 98.7 Å². The number of aliphatic carboxylic acids is 1. The maximum atomic E-state index is 12.3. The second kappa shape index (κ2) is 14.6. The third-order valence-electron chi connectivity index (χ3n) is 5.97. The molecule has 0 amide bonds. The molecule has 0 spiro atoms. The summed E-state index contributed by atoms with van der Waals surface area (Å²) in [7, 11) is 0. The molecule has 12 nitrogen and oxygen atoms in total. The molecule has 1 unspecified atom stereocenters. The number of hydrogen-bond donors (Lipinski definition) is 2. The Hall–Kier alpha value is -3.54. The molecule has 3 N–H and O–H groups in total. The zero-order chi connectivity index (χ0) is 30.1. The van der Waals surface area contributed by atoms with Gasteiger partial charge in [0.25, 0.3) is 0 Å². The molecule has 0 saturated carbocycles. The van der Waals surface area contributed by atoms with E-state index in [0.29, 0.717) is 5.56 Å². The van der Waals surface area contributed by atoms with Gasteiger partial charge in [0.2, 0.25) is 0 Å². The molecule has 39 heavy (non-hydrogen) atoms. The van der Waals surface area contributed by atoms with Crippen LogP contribution in [0.2, 0.25) is 0 Å². The first-order valence-corrected chi connectivity index (χ1v) is 12.8. The fraction of sp³-hybridized carbons (Fsp3) is 0.630. The lowest BCUT2D eigenvalue weighted by Crippen LogP contribution is -2.58. The van der Waals surface area contributed by atoms with Crippen molar-refractivity contribution in [3.05, 3.63) is 23.8 Å². The van der Waals surface area contributed by atoms with Crippen molar-refractivity contribution >= 4 is 24.4 Å². The molecule has 1 aromatic rings. The second-order valence-electron chi connectivity index (χ2n) is 10.3. The van der Waals surface area contributed by atoms with E-state index < -0.39 is 60.3 Å². The second-order valence-corrected chi connectivity index (χ2v) is 10.3. The van der Waals surface area contributed by atoms with E-state index in [9.17, 15) is 24.3 Å². The zero-order valence-corrected chi connectivity index (χ0v) is 24.0. The lowest BCUT2D eigenvalue weighted by molar-refractivity contribution is -0.147. The van der Waals surface area contributed by atoms with Crippen LogP contribution in [-0.4, -0.2) is 59.5 Å². The summed E-state index contributed by atoms with van der Waals surface area (Å²) < 4.78 is 30.9. The Morgan fingerprint density at radius 1 is 0.744 bits per heavy atom. The van der Waals surface area contributed by atoms with Gasteiger partial charge < -0.3 is 39.3 Å². The first kappa shape index (κ1) is 33.5. The van der Waals surface area contributed by atoms with Gasteiger partial charge in [-0.2, -0.15) is 0 Å². The molecule has 4 atom stereocenters. The Labute approximate surface area is 229 Å². The zero-order valence-electron chi connectivity index (χ0n) is 24.0. The number of ether oxygens (including phenoxy) is 6. The minimum Gasteiger partial charge on any atom is -0.480 e. The molecular weight excluding hydrogens is 514 g/mol. The van der Waals surface area contributed by atoms with Gasteiger partial charge in [0.05, 0.1) is 12.2 Å². The third kappa shape index (κ3) is 10.6. The topological polar surface area (TPSA) is 170 Å². The standard InChI is InChI=1S/C27H41NO11/c1-14(2)18(8)36-26(33)37-19(9)17(7)27(28,23(29)30)13-20-10-11-21(38-24(31)34-15(3)4)22(12-20)39-25(32)35-16(5)6/h10-12,14-19H,13,28H2,1-9H3,(H,29,30)/t17-,18?,19+,27-/m1/s1. The van der Waals surface area contributed by atoms with Crippen LogP contribution < -0.4 is 15.2 Å². The monoisotopic (exact) mass is 555 g/mol. The van der Waals surface area contributed by atoms with Crippen LogP contribution >= 0.6 is 0 Å². The van der Waals surface area contributed by atoms with E-state index in [-0.39, 0.29) is 23.8 Å². The van der Waals surface area contributed by atoms with E-state index in [1.165, 1.54) is 32.0 Å². The molecule has 0 aromatic heterocycles. The minimum atomic E-state index is -1.92. The van der Waals surface area contributed by atoms with Crippen molar-refractivity contribution in [1.29, 1.82) is 0 Å². The molecule has 220 valence electrons. The van der Waals surface area contributed by atoms with Crippen LogP contribution in [0.1, 0.15) is 67.9 Å². The Morgan fingerprint density at radius 2 is 1.23 bits per heavy atom. The average Bonchev–Trinajstić information content (AvgIpc) is 2.78. The van der Waals surface area contributed by atoms with Gasteiger partial charge in [-0.15, -0.1) is 0 Å². The van der Waals surface area contributed by atoms with Gasteiger partial charge >= 0.3 is 24.4 Å². The molecular formula is C27H41NO11. The number of carbonyl (C=O) groups is 4. The van der Waals surface area contributed by atoms with Crippen molar-refractivity contribution in [3.63, 3.8) is 0 Å². The van der Waals surface area contributed by atoms with Gasteiger partial charge in [-0.1, -0.05) is 26.8 Å². The van der Waals surface area contributed by atoms with E-state index in [1.54, 1.807) is 34.6 Å². The fourth-order valence-electron chi connectivity index (χ4n) is 3.20. The Bertz CT molecular complexity index is 1010. The van der Waals surface area contributed by atoms with Crippen LogP contribution in [0.3, 0.4) is 0 Å². The first-order valence-electron chi connectivity index (χ1n) is 12.8. The summed E-state index contributed by atoms with van der Waals surface area (Å²) in [5, 5.41) is 10.0. The molecule has 0 bridgehead atoms. The minimum absolute atomic E-state index is 0.0614. The molecule has 12 heteroatoms. The number of nitrogens with two attached hydrogens (primary N) is 1. The number of carboxylic acid groups (broad SMARTS) is 1. The summed E-state index contributed by atoms with van der Waals surface area (Å²) in [4.78, 5) is 48.7. The van der Waals surface area contributed by atoms with Crippen molar-refractivity contribution < 1.29 is 52.7 Å². The van der Waals surface area contributed by atoms with E-state index in [2.05, 4.69) is 0 Å². The normalized spacial score (nSPS) is 15.1. The summed E-state index contributed by atoms with van der Waals surface area (Å²) in [6.45, 7) is 15.0. The smallest absolute Gasteiger partial charge is 0.480 e. The van der Waals surface area contributed by atoms with E-state index in [0.717, 1.165) is 0 Å². The van der Waals surface area contributed by atoms with Crippen molar-refractivity contribution in [3.8, 4) is 11.5 Å². The number of carbonyl (C=O) groups excluding carboxylic acids is 3. The highest BCUT2D eigenvalue weighted by Gasteiger charge is 2.44. The van der Waals surface area contributed by atoms with E-state index in [1.807, 2.05) is 13.8 Å². The maximum absolute atomic E-state index is 12.3. The molecule has 0 aliphatic heterocycles. The Balaban J connectivity index is 3.24. The van der Waals surface area contributed by atoms with Crippen molar-refractivity contribution in [2.75, 3.05) is 0 Å². The molecule has 0 aliphatic rings. The van der Waals surface area contributed by atoms with Gasteiger partial charge in [-0.25, -0.2) is 14.4 Å². The average molecular weight is 556 g/mol. The summed E-state index contributed by atoms with van der Waals surface area (Å²) in [6, 6.07) is 4.08. The number of hydrogen-bond acceptors (Lipinski definition) is 11. The summed E-state index contributed by atoms with van der Waals surface area (Å²) in [6.07, 6.45) is -5.57. The quantitative estimate of drug-likeness (QED) is 0.199. The van der Waals surface area contributed by atoms with Crippen molar-refractivity contribution in [1.82, 2.24) is 0 Å². The van der Waals surface area contributed by atoms with E-state index >= 15 is 0 Å². The number of carboxylic acids is 1. The fourth-order valence-corrected chi connectivity index (χ4v) is 3.20. The highest BCUT2D eigenvalue weighted by atomic mass is 16.8. The lowest BCUT2D eigenvalue weighted by atomic mass is 9.78. The van der Waals surface area contributed by atoms with E-state index in [4.69, 9.17) is 34.2 Å². The lowest BCUT2D eigenvalue weighted by Gasteiger charge is -2.35.